The second kappa shape index (κ2) is 10.8. The maximum Gasteiger partial charge on any atom is 0.326 e. The lowest BCUT2D eigenvalue weighted by molar-refractivity contribution is -0.145. The molecule has 2 heterocycles. The molecule has 0 saturated heterocycles. The third-order valence-corrected chi connectivity index (χ3v) is 6.55. The van der Waals surface area contributed by atoms with E-state index >= 15 is 0 Å². The number of ether oxygens (including phenoxy) is 1. The van der Waals surface area contributed by atoms with E-state index in [4.69, 9.17) is 16.3 Å². The minimum Gasteiger partial charge on any atom is -0.459 e. The first-order valence-electron chi connectivity index (χ1n) is 10.6. The monoisotopic (exact) mass is 494 g/mol. The third kappa shape index (κ3) is 5.62. The maximum atomic E-state index is 12.7. The number of aromatic nitrogens is 2. The smallest absolute Gasteiger partial charge is 0.326 e. The predicted octanol–water partition coefficient (Wildman–Crippen LogP) is 5.43. The highest BCUT2D eigenvalue weighted by atomic mass is 35.5. The molecule has 4 aromatic rings. The summed E-state index contributed by atoms with van der Waals surface area (Å²) in [6, 6.07) is 22.1. The number of rotatable bonds is 8. The molecule has 6 nitrogen and oxygen atoms in total. The van der Waals surface area contributed by atoms with Crippen molar-refractivity contribution in [2.45, 2.75) is 31.4 Å². The highest BCUT2D eigenvalue weighted by Crippen LogP contribution is 2.29. The quantitative estimate of drug-likeness (QED) is 0.201. The Bertz CT molecular complexity index is 1340. The van der Waals surface area contributed by atoms with E-state index in [2.05, 4.69) is 4.98 Å². The average molecular weight is 495 g/mol. The molecule has 1 N–H and O–H groups in total. The molecular formula is C26H23ClN2O4S. The topological polar surface area (TPSA) is 81.4 Å². The molecule has 34 heavy (non-hydrogen) atoms. The zero-order valence-corrected chi connectivity index (χ0v) is 20.1. The van der Waals surface area contributed by atoms with Crippen LogP contribution in [0.5, 0.6) is 0 Å². The van der Waals surface area contributed by atoms with Gasteiger partial charge < -0.3 is 13.9 Å². The minimum absolute atomic E-state index is 0.0154. The van der Waals surface area contributed by atoms with Gasteiger partial charge in [0.05, 0.1) is 4.90 Å². The molecule has 0 aliphatic carbocycles. The van der Waals surface area contributed by atoms with E-state index in [0.29, 0.717) is 16.5 Å². The van der Waals surface area contributed by atoms with Gasteiger partial charge in [0.2, 0.25) is 0 Å². The van der Waals surface area contributed by atoms with Gasteiger partial charge >= 0.3 is 5.97 Å². The van der Waals surface area contributed by atoms with Crippen LogP contribution in [0.2, 0.25) is 5.15 Å². The zero-order valence-electron chi connectivity index (χ0n) is 18.5. The van der Waals surface area contributed by atoms with Crippen molar-refractivity contribution in [2.75, 3.05) is 0 Å². The van der Waals surface area contributed by atoms with Crippen molar-refractivity contribution >= 4 is 28.7 Å². The highest BCUT2D eigenvalue weighted by Gasteiger charge is 2.19. The molecule has 174 valence electrons. The number of benzene rings is 2. The van der Waals surface area contributed by atoms with Crippen molar-refractivity contribution in [3.05, 3.63) is 107 Å². The summed E-state index contributed by atoms with van der Waals surface area (Å²) in [5.41, 5.74) is 5.04. The molecule has 0 saturated carbocycles. The minimum atomic E-state index is -2.10. The molecule has 0 radical (unpaired) electrons. The Kier molecular flexibility index (Phi) is 7.57. The Labute approximate surface area is 205 Å². The highest BCUT2D eigenvalue weighted by molar-refractivity contribution is 7.79. The second-order valence-electron chi connectivity index (χ2n) is 7.77. The summed E-state index contributed by atoms with van der Waals surface area (Å²) in [5, 5.41) is 0.345. The number of carbonyl (C=O) groups is 1. The van der Waals surface area contributed by atoms with Gasteiger partial charge in [0.15, 0.2) is 11.1 Å². The van der Waals surface area contributed by atoms with Crippen LogP contribution < -0.4 is 0 Å². The van der Waals surface area contributed by atoms with Gasteiger partial charge in [-0.05, 0) is 47.9 Å². The molecule has 0 amide bonds. The molecule has 0 spiro atoms. The second-order valence-corrected chi connectivity index (χ2v) is 9.10. The van der Waals surface area contributed by atoms with Crippen LogP contribution in [0.1, 0.15) is 22.4 Å². The summed E-state index contributed by atoms with van der Waals surface area (Å²) >= 11 is 4.03. The van der Waals surface area contributed by atoms with Crippen molar-refractivity contribution in [1.29, 1.82) is 0 Å². The van der Waals surface area contributed by atoms with Crippen LogP contribution in [0.3, 0.4) is 0 Å². The van der Waals surface area contributed by atoms with Crippen molar-refractivity contribution in [2.24, 2.45) is 0 Å². The summed E-state index contributed by atoms with van der Waals surface area (Å²) in [5.74, 6) is -0.368. The van der Waals surface area contributed by atoms with E-state index in [9.17, 15) is 13.6 Å². The largest absolute Gasteiger partial charge is 0.459 e. The fourth-order valence-corrected chi connectivity index (χ4v) is 4.56. The van der Waals surface area contributed by atoms with E-state index in [-0.39, 0.29) is 19.1 Å². The average Bonchev–Trinajstić information content (AvgIpc) is 3.13. The van der Waals surface area contributed by atoms with Gasteiger partial charge in [-0.25, -0.2) is 9.19 Å². The van der Waals surface area contributed by atoms with E-state index in [1.165, 1.54) is 0 Å². The molecule has 0 bridgehead atoms. The van der Waals surface area contributed by atoms with Crippen LogP contribution in [0.15, 0.2) is 83.9 Å². The third-order valence-electron chi connectivity index (χ3n) is 5.57. The van der Waals surface area contributed by atoms with Crippen molar-refractivity contribution in [3.8, 4) is 11.3 Å². The molecule has 1 unspecified atom stereocenters. The lowest BCUT2D eigenvalue weighted by Gasteiger charge is -2.13. The summed E-state index contributed by atoms with van der Waals surface area (Å²) in [6.45, 7) is 2.13. The Morgan fingerprint density at radius 2 is 1.79 bits per heavy atom. The summed E-state index contributed by atoms with van der Waals surface area (Å²) in [4.78, 5) is 17.2. The van der Waals surface area contributed by atoms with Crippen LogP contribution in [0.25, 0.3) is 11.3 Å². The Balaban J connectivity index is 1.66. The Morgan fingerprint density at radius 1 is 1.06 bits per heavy atom. The van der Waals surface area contributed by atoms with E-state index < -0.39 is 11.1 Å². The number of pyridine rings is 1. The normalized spacial score (nSPS) is 11.9. The lowest BCUT2D eigenvalue weighted by atomic mass is 10.0. The molecule has 1 atom stereocenters. The van der Waals surface area contributed by atoms with E-state index in [1.54, 1.807) is 24.4 Å². The number of halogens is 1. The van der Waals surface area contributed by atoms with Crippen LogP contribution >= 0.6 is 11.6 Å². The van der Waals surface area contributed by atoms with Crippen molar-refractivity contribution < 1.29 is 18.3 Å². The summed E-state index contributed by atoms with van der Waals surface area (Å²) < 4.78 is 28.9. The van der Waals surface area contributed by atoms with Gasteiger partial charge in [0, 0.05) is 29.6 Å². The van der Waals surface area contributed by atoms with Crippen molar-refractivity contribution in [1.82, 2.24) is 9.55 Å². The Morgan fingerprint density at radius 3 is 2.53 bits per heavy atom. The first-order valence-corrected chi connectivity index (χ1v) is 12.1. The van der Waals surface area contributed by atoms with Gasteiger partial charge in [-0.1, -0.05) is 60.1 Å². The van der Waals surface area contributed by atoms with Gasteiger partial charge in [-0.2, -0.15) is 0 Å². The summed E-state index contributed by atoms with van der Waals surface area (Å²) in [7, 11) is 0. The molecule has 2 aromatic heterocycles. The molecular weight excluding hydrogens is 472 g/mol. The number of nitrogens with zero attached hydrogens (tertiary/aromatic N) is 2. The fourth-order valence-electron chi connectivity index (χ4n) is 3.82. The lowest BCUT2D eigenvalue weighted by Crippen LogP contribution is -2.15. The summed E-state index contributed by atoms with van der Waals surface area (Å²) in [6.07, 6.45) is 2.05. The van der Waals surface area contributed by atoms with Crippen LogP contribution in [-0.2, 0) is 40.2 Å². The number of hydrogen-bond donors (Lipinski definition) is 1. The zero-order chi connectivity index (χ0) is 24.1. The van der Waals surface area contributed by atoms with Crippen molar-refractivity contribution in [3.63, 3.8) is 0 Å². The molecule has 0 aliphatic rings. The number of carbonyl (C=O) groups excluding carboxylic acids is 1. The Hall–Kier alpha value is -3.26. The molecule has 8 heteroatoms. The first-order chi connectivity index (χ1) is 16.4. The van der Waals surface area contributed by atoms with Gasteiger partial charge in [0.1, 0.15) is 18.3 Å². The van der Waals surface area contributed by atoms with Gasteiger partial charge in [-0.3, -0.25) is 4.79 Å². The van der Waals surface area contributed by atoms with Crippen LogP contribution in [0, 0.1) is 6.92 Å². The van der Waals surface area contributed by atoms with E-state index in [1.807, 2.05) is 66.1 Å². The number of hydrogen-bond acceptors (Lipinski definition) is 4. The van der Waals surface area contributed by atoms with Gasteiger partial charge in [0.25, 0.3) is 0 Å². The van der Waals surface area contributed by atoms with Crippen LogP contribution in [-0.4, -0.2) is 24.3 Å². The predicted molar refractivity (Wildman–Crippen MR) is 132 cm³/mol. The fraction of sp³-hybridized carbons (Fsp3) is 0.154. The molecule has 0 fully saturated rings. The van der Waals surface area contributed by atoms with Gasteiger partial charge in [-0.15, -0.1) is 0 Å². The molecule has 4 rings (SSSR count). The van der Waals surface area contributed by atoms with E-state index in [0.717, 1.165) is 33.6 Å². The first kappa shape index (κ1) is 23.9. The standard InChI is InChI=1S/C26H23ClN2O4S/c1-18-22(13-21-9-5-6-10-24(21)34(31)32)14-23(20-11-12-28-25(27)15-20)29(18)16-26(30)33-17-19-7-3-2-4-8-19/h2-12,14-15H,13,16-17H2,1H3,(H,31,32). The SMILES string of the molecule is Cc1c(Cc2ccccc2S(=O)O)cc(-c2ccnc(Cl)c2)n1CC(=O)OCc1ccccc1. The number of esters is 1. The molecule has 2 aromatic carbocycles. The maximum absolute atomic E-state index is 12.7. The van der Waals surface area contributed by atoms with Crippen LogP contribution in [0.4, 0.5) is 0 Å². The molecule has 0 aliphatic heterocycles.